The lowest BCUT2D eigenvalue weighted by atomic mass is 9.94. The summed E-state index contributed by atoms with van der Waals surface area (Å²) in [6.45, 7) is 7.69. The van der Waals surface area contributed by atoms with Crippen molar-refractivity contribution in [3.63, 3.8) is 0 Å². The van der Waals surface area contributed by atoms with Gasteiger partial charge in [-0.05, 0) is 64.9 Å². The van der Waals surface area contributed by atoms with Crippen LogP contribution in [0.5, 0.6) is 0 Å². The summed E-state index contributed by atoms with van der Waals surface area (Å²) in [6, 6.07) is 4.59. The van der Waals surface area contributed by atoms with Gasteiger partial charge in [0, 0.05) is 17.7 Å². The van der Waals surface area contributed by atoms with Gasteiger partial charge >= 0.3 is 6.18 Å². The number of piperidine rings is 1. The van der Waals surface area contributed by atoms with E-state index in [1.54, 1.807) is 0 Å². The Labute approximate surface area is 190 Å². The van der Waals surface area contributed by atoms with E-state index in [2.05, 4.69) is 30.5 Å². The van der Waals surface area contributed by atoms with Crippen molar-refractivity contribution in [3.05, 3.63) is 47.7 Å². The van der Waals surface area contributed by atoms with Crippen LogP contribution < -0.4 is 10.6 Å². The molecule has 2 N–H and O–H groups in total. The van der Waals surface area contributed by atoms with E-state index in [1.165, 1.54) is 18.3 Å². The molecule has 33 heavy (non-hydrogen) atoms. The Bertz CT molecular complexity index is 998. The monoisotopic (exact) mass is 464 g/mol. The first-order valence-corrected chi connectivity index (χ1v) is 10.6. The molecule has 3 rings (SSSR count). The van der Waals surface area contributed by atoms with Crippen LogP contribution in [0.15, 0.2) is 30.5 Å². The smallest absolute Gasteiger partial charge is 0.351 e. The van der Waals surface area contributed by atoms with Crippen molar-refractivity contribution < 1.29 is 22.8 Å². The number of hydrogen-bond acceptors (Lipinski definition) is 6. The van der Waals surface area contributed by atoms with Crippen LogP contribution in [0.1, 0.15) is 55.6 Å². The van der Waals surface area contributed by atoms with E-state index in [9.17, 15) is 22.8 Å². The Kier molecular flexibility index (Phi) is 7.31. The maximum Gasteiger partial charge on any atom is 0.433 e. The molecule has 0 unspecified atom stereocenters. The molecule has 0 spiro atoms. The van der Waals surface area contributed by atoms with Gasteiger partial charge in [-0.2, -0.15) is 13.2 Å². The van der Waals surface area contributed by atoms with Crippen LogP contribution in [0.3, 0.4) is 0 Å². The molecule has 0 aromatic carbocycles. The highest BCUT2D eigenvalue weighted by Crippen LogP contribution is 2.27. The maximum atomic E-state index is 12.8. The van der Waals surface area contributed by atoms with Crippen LogP contribution in [-0.2, 0) is 17.5 Å². The highest BCUT2D eigenvalue weighted by Gasteiger charge is 2.33. The average Bonchev–Trinajstić information content (AvgIpc) is 2.73. The molecule has 1 aliphatic rings. The van der Waals surface area contributed by atoms with Crippen molar-refractivity contribution in [1.29, 1.82) is 0 Å². The van der Waals surface area contributed by atoms with Gasteiger partial charge in [0.1, 0.15) is 23.0 Å². The predicted molar refractivity (Wildman–Crippen MR) is 115 cm³/mol. The first kappa shape index (κ1) is 24.6. The number of carbonyl (C=O) groups excluding carboxylic acids is 2. The molecule has 0 atom stereocenters. The molecule has 2 aromatic rings. The molecule has 1 saturated heterocycles. The number of rotatable bonds is 5. The van der Waals surface area contributed by atoms with E-state index in [4.69, 9.17) is 0 Å². The van der Waals surface area contributed by atoms with Crippen molar-refractivity contribution in [3.8, 4) is 0 Å². The van der Waals surface area contributed by atoms with Crippen LogP contribution in [0.25, 0.3) is 0 Å². The summed E-state index contributed by atoms with van der Waals surface area (Å²) in [7, 11) is 0. The van der Waals surface area contributed by atoms with Crippen LogP contribution >= 0.6 is 0 Å². The second-order valence-electron chi connectivity index (χ2n) is 9.01. The molecule has 1 fully saturated rings. The third-order valence-corrected chi connectivity index (χ3v) is 5.04. The van der Waals surface area contributed by atoms with E-state index >= 15 is 0 Å². The van der Waals surface area contributed by atoms with E-state index in [0.717, 1.165) is 25.0 Å². The minimum Gasteiger partial charge on any atom is -0.351 e. The SMILES string of the molecule is CC(C)(C)NC(=O)C1CCN(Cc2nccc(NC(=O)c3cccc(C(F)(F)F)n3)n2)CC1. The Morgan fingerprint density at radius 3 is 2.42 bits per heavy atom. The third-order valence-electron chi connectivity index (χ3n) is 5.04. The van der Waals surface area contributed by atoms with Gasteiger partial charge in [0.2, 0.25) is 5.91 Å². The number of nitrogens with one attached hydrogen (secondary N) is 2. The molecule has 8 nitrogen and oxygen atoms in total. The predicted octanol–water partition coefficient (Wildman–Crippen LogP) is 3.27. The molecule has 178 valence electrons. The average molecular weight is 464 g/mol. The van der Waals surface area contributed by atoms with Gasteiger partial charge in [0.05, 0.1) is 6.54 Å². The van der Waals surface area contributed by atoms with Gasteiger partial charge in [0.25, 0.3) is 5.91 Å². The lowest BCUT2D eigenvalue weighted by molar-refractivity contribution is -0.141. The standard InChI is InChI=1S/C22H27F3N6O2/c1-21(2,3)30-19(32)14-8-11-31(12-9-14)13-18-26-10-7-17(28-18)29-20(33)15-5-4-6-16(27-15)22(23,24)25/h4-7,10,14H,8-9,11-13H2,1-3H3,(H,30,32)(H,26,28,29,33). The number of anilines is 1. The quantitative estimate of drug-likeness (QED) is 0.705. The Balaban J connectivity index is 1.57. The van der Waals surface area contributed by atoms with E-state index in [-0.39, 0.29) is 28.9 Å². The first-order chi connectivity index (χ1) is 15.4. The van der Waals surface area contributed by atoms with Gasteiger partial charge in [-0.15, -0.1) is 0 Å². The molecule has 2 amide bonds. The Morgan fingerprint density at radius 2 is 1.79 bits per heavy atom. The zero-order valence-electron chi connectivity index (χ0n) is 18.7. The number of pyridine rings is 1. The van der Waals surface area contributed by atoms with E-state index < -0.39 is 17.8 Å². The Hall–Kier alpha value is -3.08. The largest absolute Gasteiger partial charge is 0.433 e. The summed E-state index contributed by atoms with van der Waals surface area (Å²) in [5, 5.41) is 5.48. The molecule has 3 heterocycles. The summed E-state index contributed by atoms with van der Waals surface area (Å²) in [5.41, 5.74) is -1.77. The number of carbonyl (C=O) groups is 2. The highest BCUT2D eigenvalue weighted by atomic mass is 19.4. The molecule has 2 aromatic heterocycles. The molecular formula is C22H27F3N6O2. The van der Waals surface area contributed by atoms with Crippen LogP contribution in [0, 0.1) is 5.92 Å². The van der Waals surface area contributed by atoms with Gasteiger partial charge in [-0.25, -0.2) is 15.0 Å². The topological polar surface area (TPSA) is 100 Å². The summed E-state index contributed by atoms with van der Waals surface area (Å²) in [6.07, 6.45) is -1.72. The molecule has 0 saturated carbocycles. The van der Waals surface area contributed by atoms with Crippen molar-refractivity contribution in [2.24, 2.45) is 5.92 Å². The number of alkyl halides is 3. The number of hydrogen-bond donors (Lipinski definition) is 2. The lowest BCUT2D eigenvalue weighted by Crippen LogP contribution is -2.46. The van der Waals surface area contributed by atoms with Crippen molar-refractivity contribution in [2.45, 2.75) is 51.9 Å². The number of amides is 2. The van der Waals surface area contributed by atoms with E-state index in [1.807, 2.05) is 20.8 Å². The molecule has 0 bridgehead atoms. The second kappa shape index (κ2) is 9.82. The fraction of sp³-hybridized carbons (Fsp3) is 0.500. The van der Waals surface area contributed by atoms with Gasteiger partial charge in [-0.1, -0.05) is 6.07 Å². The fourth-order valence-corrected chi connectivity index (χ4v) is 3.47. The zero-order chi connectivity index (χ0) is 24.2. The molecule has 1 aliphatic heterocycles. The number of halogens is 3. The van der Waals surface area contributed by atoms with Crippen molar-refractivity contribution in [1.82, 2.24) is 25.2 Å². The third kappa shape index (κ3) is 7.21. The fourth-order valence-electron chi connectivity index (χ4n) is 3.47. The molecular weight excluding hydrogens is 437 g/mol. The molecule has 0 radical (unpaired) electrons. The number of aromatic nitrogens is 3. The molecule has 0 aliphatic carbocycles. The lowest BCUT2D eigenvalue weighted by Gasteiger charge is -2.32. The highest BCUT2D eigenvalue weighted by molar-refractivity contribution is 6.02. The summed E-state index contributed by atoms with van der Waals surface area (Å²) >= 11 is 0. The maximum absolute atomic E-state index is 12.8. The van der Waals surface area contributed by atoms with Crippen LogP contribution in [-0.4, -0.2) is 50.3 Å². The minimum atomic E-state index is -4.64. The minimum absolute atomic E-state index is 0.0352. The second-order valence-corrected chi connectivity index (χ2v) is 9.01. The summed E-state index contributed by atoms with van der Waals surface area (Å²) in [5.74, 6) is -0.138. The zero-order valence-corrected chi connectivity index (χ0v) is 18.7. The van der Waals surface area contributed by atoms with Gasteiger partial charge < -0.3 is 10.6 Å². The summed E-state index contributed by atoms with van der Waals surface area (Å²) in [4.78, 5) is 38.7. The van der Waals surface area contributed by atoms with Crippen LogP contribution in [0.2, 0.25) is 0 Å². The molecule has 11 heteroatoms. The number of likely N-dealkylation sites (tertiary alicyclic amines) is 1. The first-order valence-electron chi connectivity index (χ1n) is 10.6. The normalized spacial score (nSPS) is 15.8. The van der Waals surface area contributed by atoms with Crippen molar-refractivity contribution in [2.75, 3.05) is 18.4 Å². The van der Waals surface area contributed by atoms with Crippen LogP contribution in [0.4, 0.5) is 19.0 Å². The summed E-state index contributed by atoms with van der Waals surface area (Å²) < 4.78 is 38.5. The number of nitrogens with zero attached hydrogens (tertiary/aromatic N) is 4. The Morgan fingerprint density at radius 1 is 1.09 bits per heavy atom. The van der Waals surface area contributed by atoms with E-state index in [0.29, 0.717) is 25.5 Å². The van der Waals surface area contributed by atoms with Gasteiger partial charge in [0.15, 0.2) is 0 Å². The van der Waals surface area contributed by atoms with Crippen molar-refractivity contribution >= 4 is 17.6 Å². The van der Waals surface area contributed by atoms with Gasteiger partial charge in [-0.3, -0.25) is 14.5 Å².